The molecule has 6 N–H and O–H groups in total. The normalized spacial score (nSPS) is 15.9. The molecule has 0 aromatic heterocycles. The maximum absolute atomic E-state index is 11.4. The van der Waals surface area contributed by atoms with E-state index in [0.29, 0.717) is 25.6 Å². The largest absolute Gasteiger partial charge is 0.546 e. The van der Waals surface area contributed by atoms with Gasteiger partial charge >= 0.3 is 13.1 Å². The van der Waals surface area contributed by atoms with Gasteiger partial charge in [-0.25, -0.2) is 4.79 Å². The molecular formula is C20H26BN3O4. The monoisotopic (exact) mass is 383 g/mol. The van der Waals surface area contributed by atoms with E-state index in [1.54, 1.807) is 6.07 Å². The van der Waals surface area contributed by atoms with Crippen LogP contribution in [0.5, 0.6) is 5.75 Å². The summed E-state index contributed by atoms with van der Waals surface area (Å²) in [6, 6.07) is 11.3. The van der Waals surface area contributed by atoms with Crippen LogP contribution in [0.1, 0.15) is 40.9 Å². The van der Waals surface area contributed by atoms with Crippen LogP contribution in [-0.4, -0.2) is 35.2 Å². The minimum atomic E-state index is -1.15. The minimum absolute atomic E-state index is 0.0596. The summed E-state index contributed by atoms with van der Waals surface area (Å²) in [5.41, 5.74) is 9.67. The summed E-state index contributed by atoms with van der Waals surface area (Å²) < 4.78 is 5.54. The second-order valence-electron chi connectivity index (χ2n) is 7.29. The number of hydrogen-bond donors (Lipinski definition) is 5. The molecular weight excluding hydrogens is 357 g/mol. The predicted octanol–water partition coefficient (Wildman–Crippen LogP) is 1.78. The van der Waals surface area contributed by atoms with Gasteiger partial charge < -0.3 is 31.2 Å². The molecule has 7 nitrogen and oxygen atoms in total. The highest BCUT2D eigenvalue weighted by atomic mass is 16.5. The summed E-state index contributed by atoms with van der Waals surface area (Å²) in [6.45, 7) is 5.33. The van der Waals surface area contributed by atoms with Crippen LogP contribution < -0.4 is 21.0 Å². The SMILES string of the molecule is CC(C)NCc1cc(N[C@H]2Cc3cccc(C(=O)O)c3OB2O)ccc1CN. The van der Waals surface area contributed by atoms with Gasteiger partial charge in [-0.05, 0) is 41.3 Å². The van der Waals surface area contributed by atoms with Crippen molar-refractivity contribution in [2.75, 3.05) is 5.32 Å². The van der Waals surface area contributed by atoms with Crippen LogP contribution in [0, 0.1) is 0 Å². The predicted molar refractivity (Wildman–Crippen MR) is 109 cm³/mol. The number of benzene rings is 2. The molecule has 1 atom stereocenters. The Morgan fingerprint density at radius 2 is 2.11 bits per heavy atom. The lowest BCUT2D eigenvalue weighted by Crippen LogP contribution is -2.47. The van der Waals surface area contributed by atoms with Crippen LogP contribution >= 0.6 is 0 Å². The van der Waals surface area contributed by atoms with Crippen molar-refractivity contribution in [3.8, 4) is 5.75 Å². The Morgan fingerprint density at radius 1 is 1.32 bits per heavy atom. The van der Waals surface area contributed by atoms with Crippen molar-refractivity contribution in [2.24, 2.45) is 5.73 Å². The lowest BCUT2D eigenvalue weighted by Gasteiger charge is -2.29. The van der Waals surface area contributed by atoms with Crippen molar-refractivity contribution in [2.45, 2.75) is 45.3 Å². The van der Waals surface area contributed by atoms with Crippen LogP contribution in [0.2, 0.25) is 0 Å². The van der Waals surface area contributed by atoms with Gasteiger partial charge in [0.05, 0.1) is 11.5 Å². The van der Waals surface area contributed by atoms with E-state index < -0.39 is 19.0 Å². The Kier molecular flexibility index (Phi) is 6.23. The van der Waals surface area contributed by atoms with Gasteiger partial charge in [-0.15, -0.1) is 0 Å². The number of nitrogens with two attached hydrogens (primary N) is 1. The molecule has 0 fully saturated rings. The number of aromatic carboxylic acids is 1. The Morgan fingerprint density at radius 3 is 2.79 bits per heavy atom. The number of carbonyl (C=O) groups is 1. The quantitative estimate of drug-likeness (QED) is 0.463. The van der Waals surface area contributed by atoms with Crippen molar-refractivity contribution in [1.29, 1.82) is 0 Å². The fraction of sp³-hybridized carbons (Fsp3) is 0.350. The lowest BCUT2D eigenvalue weighted by atomic mass is 9.72. The van der Waals surface area contributed by atoms with E-state index in [1.165, 1.54) is 6.07 Å². The molecule has 0 amide bonds. The van der Waals surface area contributed by atoms with Crippen LogP contribution in [0.25, 0.3) is 0 Å². The lowest BCUT2D eigenvalue weighted by molar-refractivity contribution is 0.0694. The average molecular weight is 383 g/mol. The fourth-order valence-electron chi connectivity index (χ4n) is 3.32. The summed E-state index contributed by atoms with van der Waals surface area (Å²) in [4.78, 5) is 11.4. The molecule has 2 aromatic rings. The zero-order valence-electron chi connectivity index (χ0n) is 16.1. The molecule has 1 heterocycles. The van der Waals surface area contributed by atoms with Crippen molar-refractivity contribution < 1.29 is 19.6 Å². The Hall–Kier alpha value is -2.55. The summed E-state index contributed by atoms with van der Waals surface area (Å²) in [5.74, 6) is -1.23. The second-order valence-corrected chi connectivity index (χ2v) is 7.29. The Bertz CT molecular complexity index is 859. The first-order valence-corrected chi connectivity index (χ1v) is 9.40. The van der Waals surface area contributed by atoms with E-state index in [4.69, 9.17) is 10.4 Å². The van der Waals surface area contributed by atoms with Gasteiger partial charge in [0.15, 0.2) is 0 Å². The molecule has 3 rings (SSSR count). The molecule has 1 aliphatic rings. The highest BCUT2D eigenvalue weighted by Crippen LogP contribution is 2.31. The van der Waals surface area contributed by atoms with E-state index in [-0.39, 0.29) is 11.3 Å². The molecule has 0 spiro atoms. The number of fused-ring (bicyclic) bond motifs is 1. The first kappa shape index (κ1) is 20.2. The summed E-state index contributed by atoms with van der Waals surface area (Å²) >= 11 is 0. The number of hydrogen-bond acceptors (Lipinski definition) is 6. The summed E-state index contributed by atoms with van der Waals surface area (Å²) in [7, 11) is -1.15. The van der Waals surface area contributed by atoms with Gasteiger partial charge in [-0.3, -0.25) is 0 Å². The minimum Gasteiger partial charge on any atom is -0.534 e. The first-order chi connectivity index (χ1) is 13.4. The van der Waals surface area contributed by atoms with Gasteiger partial charge in [0, 0.05) is 24.8 Å². The molecule has 148 valence electrons. The van der Waals surface area contributed by atoms with Gasteiger partial charge in [-0.2, -0.15) is 0 Å². The number of anilines is 1. The van der Waals surface area contributed by atoms with Crippen molar-refractivity contribution in [3.63, 3.8) is 0 Å². The molecule has 8 heteroatoms. The molecule has 2 aromatic carbocycles. The third-order valence-corrected chi connectivity index (χ3v) is 4.83. The topological polar surface area (TPSA) is 117 Å². The van der Waals surface area contributed by atoms with E-state index in [1.807, 2.05) is 24.3 Å². The van der Waals surface area contributed by atoms with Gasteiger partial charge in [0.1, 0.15) is 5.75 Å². The summed E-state index contributed by atoms with van der Waals surface area (Å²) in [5, 5.41) is 26.4. The summed E-state index contributed by atoms with van der Waals surface area (Å²) in [6.07, 6.45) is 0.454. The van der Waals surface area contributed by atoms with Crippen molar-refractivity contribution >= 4 is 18.8 Å². The molecule has 0 unspecified atom stereocenters. The number of nitrogens with one attached hydrogen (secondary N) is 2. The molecule has 0 aliphatic carbocycles. The zero-order valence-corrected chi connectivity index (χ0v) is 16.1. The second kappa shape index (κ2) is 8.64. The Balaban J connectivity index is 1.79. The van der Waals surface area contributed by atoms with E-state index in [0.717, 1.165) is 22.4 Å². The van der Waals surface area contributed by atoms with Gasteiger partial charge in [0.2, 0.25) is 0 Å². The number of carboxylic acids is 1. The molecule has 0 bridgehead atoms. The molecule has 1 aliphatic heterocycles. The third-order valence-electron chi connectivity index (χ3n) is 4.83. The van der Waals surface area contributed by atoms with Crippen LogP contribution in [0.3, 0.4) is 0 Å². The van der Waals surface area contributed by atoms with Gasteiger partial charge in [-0.1, -0.05) is 32.0 Å². The molecule has 0 saturated heterocycles. The first-order valence-electron chi connectivity index (χ1n) is 9.40. The zero-order chi connectivity index (χ0) is 20.3. The smallest absolute Gasteiger partial charge is 0.534 e. The molecule has 0 radical (unpaired) electrons. The average Bonchev–Trinajstić information content (AvgIpc) is 2.66. The standard InChI is InChI=1S/C20H26BN3O4/c1-12(2)23-11-15-8-16(7-6-14(15)10-22)24-18-9-13-4-3-5-17(20(25)26)19(13)28-21(18)27/h3-8,12,18,23-24,27H,9-11,22H2,1-2H3,(H,25,26)/t18-/m0/s1. The fourth-order valence-corrected chi connectivity index (χ4v) is 3.32. The number of carboxylic acid groups (broad SMARTS) is 1. The third kappa shape index (κ3) is 4.47. The van der Waals surface area contributed by atoms with E-state index in [9.17, 15) is 14.9 Å². The number of rotatable bonds is 7. The van der Waals surface area contributed by atoms with Crippen molar-refractivity contribution in [3.05, 3.63) is 58.7 Å². The highest BCUT2D eigenvalue weighted by Gasteiger charge is 2.36. The number of para-hydroxylation sites is 1. The molecule has 0 saturated carbocycles. The van der Waals surface area contributed by atoms with Crippen LogP contribution in [0.15, 0.2) is 36.4 Å². The van der Waals surface area contributed by atoms with Crippen LogP contribution in [-0.2, 0) is 19.5 Å². The Labute approximate surface area is 165 Å². The highest BCUT2D eigenvalue weighted by molar-refractivity contribution is 6.47. The van der Waals surface area contributed by atoms with Crippen molar-refractivity contribution in [1.82, 2.24) is 5.32 Å². The molecule has 28 heavy (non-hydrogen) atoms. The van der Waals surface area contributed by atoms with Gasteiger partial charge in [0.25, 0.3) is 0 Å². The van der Waals surface area contributed by atoms with E-state index in [2.05, 4.69) is 24.5 Å². The van der Waals surface area contributed by atoms with Crippen LogP contribution in [0.4, 0.5) is 5.69 Å². The maximum atomic E-state index is 11.4. The van der Waals surface area contributed by atoms with E-state index >= 15 is 0 Å². The maximum Gasteiger partial charge on any atom is 0.546 e.